The van der Waals surface area contributed by atoms with Crippen molar-refractivity contribution in [1.29, 1.82) is 0 Å². The van der Waals surface area contributed by atoms with Crippen LogP contribution in [0.1, 0.15) is 19.3 Å². The van der Waals surface area contributed by atoms with E-state index in [1.165, 1.54) is 25.0 Å². The zero-order valence-corrected chi connectivity index (χ0v) is 12.4. The van der Waals surface area contributed by atoms with Gasteiger partial charge < -0.3 is 15.4 Å². The van der Waals surface area contributed by atoms with Gasteiger partial charge in [0.15, 0.2) is 0 Å². The van der Waals surface area contributed by atoms with Crippen molar-refractivity contribution in [3.8, 4) is 5.75 Å². The fraction of sp³-hybridized carbons (Fsp3) is 0.538. The summed E-state index contributed by atoms with van der Waals surface area (Å²) in [7, 11) is -1.66. The van der Waals surface area contributed by atoms with Crippen LogP contribution >= 0.6 is 0 Å². The molecule has 2 rings (SSSR count). The standard InChI is InChI=1S/C13H21N3O3S/c1-16-7-2-3-10(16)6-8-19-11-4-5-13(12(14)9-11)20(15,17)18/h4-5,9-10H,2-3,6-8,14H2,1H3,(H2,15,17,18). The van der Waals surface area contributed by atoms with E-state index in [1.807, 2.05) is 0 Å². The summed E-state index contributed by atoms with van der Waals surface area (Å²) in [5.74, 6) is 0.565. The van der Waals surface area contributed by atoms with Crippen molar-refractivity contribution in [2.24, 2.45) is 5.14 Å². The summed E-state index contributed by atoms with van der Waals surface area (Å²) >= 11 is 0. The molecule has 1 aliphatic heterocycles. The molecule has 0 amide bonds. The van der Waals surface area contributed by atoms with Gasteiger partial charge in [-0.2, -0.15) is 0 Å². The lowest BCUT2D eigenvalue weighted by atomic mass is 10.1. The van der Waals surface area contributed by atoms with Crippen LogP contribution in [0, 0.1) is 0 Å². The predicted molar refractivity (Wildman–Crippen MR) is 78.0 cm³/mol. The Labute approximate surface area is 119 Å². The molecule has 6 nitrogen and oxygen atoms in total. The van der Waals surface area contributed by atoms with Crippen LogP contribution in [0.2, 0.25) is 0 Å². The number of nitrogens with zero attached hydrogens (tertiary/aromatic N) is 1. The molecule has 1 unspecified atom stereocenters. The fourth-order valence-corrected chi connectivity index (χ4v) is 3.18. The second-order valence-corrected chi connectivity index (χ2v) is 6.69. The summed E-state index contributed by atoms with van der Waals surface area (Å²) in [4.78, 5) is 2.27. The smallest absolute Gasteiger partial charge is 0.240 e. The van der Waals surface area contributed by atoms with Crippen molar-refractivity contribution < 1.29 is 13.2 Å². The highest BCUT2D eigenvalue weighted by atomic mass is 32.2. The minimum absolute atomic E-state index is 0.0691. The van der Waals surface area contributed by atoms with Gasteiger partial charge in [-0.25, -0.2) is 13.6 Å². The molecule has 1 fully saturated rings. The molecule has 1 aromatic rings. The van der Waals surface area contributed by atoms with E-state index in [2.05, 4.69) is 11.9 Å². The first kappa shape index (κ1) is 15.1. The van der Waals surface area contributed by atoms with Gasteiger partial charge in [0.1, 0.15) is 10.6 Å². The van der Waals surface area contributed by atoms with E-state index in [0.29, 0.717) is 18.4 Å². The number of nitrogens with two attached hydrogens (primary N) is 2. The van der Waals surface area contributed by atoms with Gasteiger partial charge in [0.05, 0.1) is 12.3 Å². The normalized spacial score (nSPS) is 20.2. The lowest BCUT2D eigenvalue weighted by molar-refractivity contribution is 0.233. The number of rotatable bonds is 5. The molecule has 4 N–H and O–H groups in total. The van der Waals surface area contributed by atoms with Crippen LogP contribution in [0.4, 0.5) is 5.69 Å². The van der Waals surface area contributed by atoms with Gasteiger partial charge in [-0.15, -0.1) is 0 Å². The van der Waals surface area contributed by atoms with Gasteiger partial charge in [-0.3, -0.25) is 0 Å². The maximum absolute atomic E-state index is 11.2. The van der Waals surface area contributed by atoms with Crippen molar-refractivity contribution >= 4 is 15.7 Å². The summed E-state index contributed by atoms with van der Waals surface area (Å²) in [6, 6.07) is 5.02. The quantitative estimate of drug-likeness (QED) is 0.783. The minimum Gasteiger partial charge on any atom is -0.493 e. The van der Waals surface area contributed by atoms with Crippen LogP contribution < -0.4 is 15.6 Å². The van der Waals surface area contributed by atoms with Crippen molar-refractivity contribution in [3.05, 3.63) is 18.2 Å². The zero-order valence-electron chi connectivity index (χ0n) is 11.6. The summed E-state index contributed by atoms with van der Waals surface area (Å²) < 4.78 is 28.1. The number of likely N-dealkylation sites (tertiary alicyclic amines) is 1. The van der Waals surface area contributed by atoms with Crippen LogP contribution in [0.3, 0.4) is 0 Å². The summed E-state index contributed by atoms with van der Waals surface area (Å²) in [6.07, 6.45) is 3.39. The lowest BCUT2D eigenvalue weighted by Crippen LogP contribution is -2.26. The van der Waals surface area contributed by atoms with E-state index in [1.54, 1.807) is 6.07 Å². The molecule has 1 aliphatic rings. The first-order valence-electron chi connectivity index (χ1n) is 6.63. The number of nitrogen functional groups attached to an aromatic ring is 1. The van der Waals surface area contributed by atoms with E-state index in [-0.39, 0.29) is 10.6 Å². The molecular formula is C13H21N3O3S. The van der Waals surface area contributed by atoms with Gasteiger partial charge in [0.25, 0.3) is 0 Å². The Kier molecular flexibility index (Phi) is 4.52. The molecule has 20 heavy (non-hydrogen) atoms. The number of benzene rings is 1. The highest BCUT2D eigenvalue weighted by Crippen LogP contribution is 2.24. The average Bonchev–Trinajstić information content (AvgIpc) is 2.73. The maximum Gasteiger partial charge on any atom is 0.240 e. The zero-order chi connectivity index (χ0) is 14.8. The van der Waals surface area contributed by atoms with E-state index >= 15 is 0 Å². The van der Waals surface area contributed by atoms with Crippen molar-refractivity contribution in [1.82, 2.24) is 4.90 Å². The van der Waals surface area contributed by atoms with Gasteiger partial charge in [-0.05, 0) is 45.0 Å². The number of primary sulfonamides is 1. The van der Waals surface area contributed by atoms with Crippen LogP contribution in [0.25, 0.3) is 0 Å². The maximum atomic E-state index is 11.2. The van der Waals surface area contributed by atoms with Crippen LogP contribution in [-0.4, -0.2) is 39.6 Å². The highest BCUT2D eigenvalue weighted by Gasteiger charge is 2.20. The Morgan fingerprint density at radius 3 is 2.75 bits per heavy atom. The third-order valence-corrected chi connectivity index (χ3v) is 4.66. The molecule has 0 radical (unpaired) electrons. The first-order valence-corrected chi connectivity index (χ1v) is 8.18. The molecule has 7 heteroatoms. The third-order valence-electron chi connectivity index (χ3n) is 3.68. The molecule has 1 atom stereocenters. The SMILES string of the molecule is CN1CCCC1CCOc1ccc(S(N)(=O)=O)c(N)c1. The highest BCUT2D eigenvalue weighted by molar-refractivity contribution is 7.89. The molecule has 0 saturated carbocycles. The second-order valence-electron chi connectivity index (χ2n) is 5.16. The van der Waals surface area contributed by atoms with Gasteiger partial charge in [0.2, 0.25) is 10.0 Å². The molecule has 0 spiro atoms. The van der Waals surface area contributed by atoms with Crippen LogP contribution in [-0.2, 0) is 10.0 Å². The summed E-state index contributed by atoms with van der Waals surface area (Å²) in [5, 5.41) is 5.05. The summed E-state index contributed by atoms with van der Waals surface area (Å²) in [5.41, 5.74) is 5.79. The Morgan fingerprint density at radius 1 is 1.45 bits per heavy atom. The number of hydrogen-bond donors (Lipinski definition) is 2. The average molecular weight is 299 g/mol. The Morgan fingerprint density at radius 2 is 2.20 bits per heavy atom. The van der Waals surface area contributed by atoms with Gasteiger partial charge in [0, 0.05) is 12.1 Å². The first-order chi connectivity index (χ1) is 9.38. The molecule has 1 aromatic carbocycles. The van der Waals surface area contributed by atoms with Gasteiger partial charge in [-0.1, -0.05) is 0 Å². The molecule has 1 heterocycles. The van der Waals surface area contributed by atoms with Crippen LogP contribution in [0.5, 0.6) is 5.75 Å². The minimum atomic E-state index is -3.78. The number of anilines is 1. The largest absolute Gasteiger partial charge is 0.493 e. The monoisotopic (exact) mass is 299 g/mol. The van der Waals surface area contributed by atoms with Crippen molar-refractivity contribution in [2.45, 2.75) is 30.2 Å². The molecule has 0 bridgehead atoms. The molecule has 0 aliphatic carbocycles. The third kappa shape index (κ3) is 3.62. The Hall–Kier alpha value is -1.31. The van der Waals surface area contributed by atoms with E-state index in [4.69, 9.17) is 15.6 Å². The Balaban J connectivity index is 1.92. The second kappa shape index (κ2) is 5.99. The molecule has 1 saturated heterocycles. The van der Waals surface area contributed by atoms with E-state index < -0.39 is 10.0 Å². The molecule has 0 aromatic heterocycles. The Bertz CT molecular complexity index is 574. The van der Waals surface area contributed by atoms with Crippen molar-refractivity contribution in [3.63, 3.8) is 0 Å². The summed E-state index contributed by atoms with van der Waals surface area (Å²) in [6.45, 7) is 1.73. The predicted octanol–water partition coefficient (Wildman–Crippen LogP) is 0.779. The van der Waals surface area contributed by atoms with E-state index in [0.717, 1.165) is 13.0 Å². The van der Waals surface area contributed by atoms with E-state index in [9.17, 15) is 8.42 Å². The van der Waals surface area contributed by atoms with Crippen molar-refractivity contribution in [2.75, 3.05) is 25.9 Å². The fourth-order valence-electron chi connectivity index (χ4n) is 2.53. The number of sulfonamides is 1. The van der Waals surface area contributed by atoms with Gasteiger partial charge >= 0.3 is 0 Å². The lowest BCUT2D eigenvalue weighted by Gasteiger charge is -2.19. The topological polar surface area (TPSA) is 98.6 Å². The number of hydrogen-bond acceptors (Lipinski definition) is 5. The van der Waals surface area contributed by atoms with Crippen LogP contribution in [0.15, 0.2) is 23.1 Å². The molecule has 112 valence electrons. The molecular weight excluding hydrogens is 278 g/mol. The number of ether oxygens (including phenoxy) is 1.